The Morgan fingerprint density at radius 2 is 1.73 bits per heavy atom. The molecule has 2 aromatic carbocycles. The van der Waals surface area contributed by atoms with Crippen molar-refractivity contribution in [3.05, 3.63) is 82.9 Å². The van der Waals surface area contributed by atoms with Gasteiger partial charge in [-0.15, -0.1) is 0 Å². The van der Waals surface area contributed by atoms with Gasteiger partial charge < -0.3 is 0 Å². The fourth-order valence-corrected chi connectivity index (χ4v) is 3.88. The van der Waals surface area contributed by atoms with E-state index in [9.17, 15) is 4.39 Å². The summed E-state index contributed by atoms with van der Waals surface area (Å²) >= 11 is 0. The van der Waals surface area contributed by atoms with Crippen molar-refractivity contribution >= 4 is 6.08 Å². The van der Waals surface area contributed by atoms with Gasteiger partial charge in [-0.25, -0.2) is 4.39 Å². The van der Waals surface area contributed by atoms with E-state index in [4.69, 9.17) is 4.98 Å². The zero-order valence-corrected chi connectivity index (χ0v) is 15.4. The van der Waals surface area contributed by atoms with Gasteiger partial charge in [0, 0.05) is 23.1 Å². The molecule has 0 radical (unpaired) electrons. The number of hydrogen-bond acceptors (Lipinski definition) is 1. The van der Waals surface area contributed by atoms with Gasteiger partial charge in [0.1, 0.15) is 5.82 Å². The molecule has 1 aliphatic carbocycles. The molecule has 26 heavy (non-hydrogen) atoms. The molecular formula is C24H22FN. The number of hydrogen-bond donors (Lipinski definition) is 0. The highest BCUT2D eigenvalue weighted by Crippen LogP contribution is 2.46. The number of rotatable bonds is 3. The average molecular weight is 343 g/mol. The Labute approximate surface area is 154 Å². The fraction of sp³-hybridized carbons (Fsp3) is 0.208. The lowest BCUT2D eigenvalue weighted by Gasteiger charge is -2.19. The monoisotopic (exact) mass is 343 g/mol. The number of nitrogens with zero attached hydrogens (tertiary/aromatic N) is 1. The third-order valence-electron chi connectivity index (χ3n) is 5.00. The Bertz CT molecular complexity index is 997. The van der Waals surface area contributed by atoms with Crippen LogP contribution in [0.3, 0.4) is 0 Å². The summed E-state index contributed by atoms with van der Waals surface area (Å²) in [5.74, 6) is 0.103. The number of allylic oxidation sites excluding steroid dienone is 1. The molecule has 1 heterocycles. The van der Waals surface area contributed by atoms with Crippen LogP contribution in [-0.4, -0.2) is 4.98 Å². The highest BCUT2D eigenvalue weighted by molar-refractivity contribution is 5.94. The van der Waals surface area contributed by atoms with Gasteiger partial charge >= 0.3 is 0 Å². The van der Waals surface area contributed by atoms with Gasteiger partial charge in [-0.3, -0.25) is 4.98 Å². The van der Waals surface area contributed by atoms with Gasteiger partial charge in [0.15, 0.2) is 0 Å². The van der Waals surface area contributed by atoms with Crippen LogP contribution in [0.4, 0.5) is 4.39 Å². The van der Waals surface area contributed by atoms with Crippen LogP contribution in [-0.2, 0) is 6.42 Å². The molecule has 4 rings (SSSR count). The minimum absolute atomic E-state index is 0.212. The van der Waals surface area contributed by atoms with Crippen molar-refractivity contribution in [1.29, 1.82) is 0 Å². The molecule has 0 aliphatic heterocycles. The molecule has 0 amide bonds. The van der Waals surface area contributed by atoms with Crippen LogP contribution in [0.25, 0.3) is 28.3 Å². The standard InChI is InChI=1S/C24H22FN/c1-4-7-20-22(16-10-12-18(25)13-11-16)23-19-9-6-5-8-17(19)14-21(23)26-24(20)15(2)3/h4-13,15H,14H2,1-3H3/b7-4+. The molecule has 2 heteroatoms. The molecule has 0 atom stereocenters. The normalized spacial score (nSPS) is 12.7. The van der Waals surface area contributed by atoms with E-state index < -0.39 is 0 Å². The van der Waals surface area contributed by atoms with Crippen molar-refractivity contribution < 1.29 is 4.39 Å². The molecule has 0 saturated carbocycles. The average Bonchev–Trinajstić information content (AvgIpc) is 3.00. The molecule has 130 valence electrons. The first-order valence-corrected chi connectivity index (χ1v) is 9.13. The van der Waals surface area contributed by atoms with Gasteiger partial charge in [0.2, 0.25) is 0 Å². The second kappa shape index (κ2) is 6.53. The van der Waals surface area contributed by atoms with E-state index in [0.717, 1.165) is 28.9 Å². The van der Waals surface area contributed by atoms with Crippen molar-refractivity contribution in [3.8, 4) is 22.3 Å². The van der Waals surface area contributed by atoms with Crippen molar-refractivity contribution in [2.24, 2.45) is 0 Å². The van der Waals surface area contributed by atoms with Crippen LogP contribution >= 0.6 is 0 Å². The third kappa shape index (κ3) is 2.66. The van der Waals surface area contributed by atoms with Crippen molar-refractivity contribution in [2.75, 3.05) is 0 Å². The Hall–Kier alpha value is -2.74. The molecule has 1 aliphatic rings. The second-order valence-electron chi connectivity index (χ2n) is 7.10. The highest BCUT2D eigenvalue weighted by Gasteiger charge is 2.27. The predicted molar refractivity (Wildman–Crippen MR) is 107 cm³/mol. The number of fused-ring (bicyclic) bond motifs is 3. The summed E-state index contributed by atoms with van der Waals surface area (Å²) in [5.41, 5.74) is 9.34. The first kappa shape index (κ1) is 16.7. The van der Waals surface area contributed by atoms with E-state index in [1.165, 1.54) is 34.4 Å². The maximum absolute atomic E-state index is 13.5. The lowest BCUT2D eigenvalue weighted by atomic mass is 9.88. The molecule has 0 N–H and O–H groups in total. The van der Waals surface area contributed by atoms with Gasteiger partial charge in [-0.05, 0) is 41.7 Å². The minimum Gasteiger partial charge on any atom is -0.256 e. The summed E-state index contributed by atoms with van der Waals surface area (Å²) < 4.78 is 13.5. The smallest absolute Gasteiger partial charge is 0.123 e. The van der Waals surface area contributed by atoms with Crippen LogP contribution in [0.1, 0.15) is 49.2 Å². The molecule has 0 bridgehead atoms. The fourth-order valence-electron chi connectivity index (χ4n) is 3.88. The molecule has 0 saturated heterocycles. The van der Waals surface area contributed by atoms with Crippen LogP contribution in [0.2, 0.25) is 0 Å². The number of benzene rings is 2. The molecule has 1 nitrogen and oxygen atoms in total. The third-order valence-corrected chi connectivity index (χ3v) is 5.00. The maximum Gasteiger partial charge on any atom is 0.123 e. The number of halogens is 1. The van der Waals surface area contributed by atoms with E-state index in [2.05, 4.69) is 50.3 Å². The molecule has 0 unspecified atom stereocenters. The van der Waals surface area contributed by atoms with E-state index in [1.54, 1.807) is 0 Å². The van der Waals surface area contributed by atoms with Crippen molar-refractivity contribution in [2.45, 2.75) is 33.1 Å². The Balaban J connectivity index is 2.11. The first-order valence-electron chi connectivity index (χ1n) is 9.13. The topological polar surface area (TPSA) is 12.9 Å². The first-order chi connectivity index (χ1) is 12.6. The van der Waals surface area contributed by atoms with Gasteiger partial charge in [0.05, 0.1) is 11.4 Å². The zero-order chi connectivity index (χ0) is 18.3. The van der Waals surface area contributed by atoms with Crippen LogP contribution in [0.15, 0.2) is 54.6 Å². The summed E-state index contributed by atoms with van der Waals surface area (Å²) in [4.78, 5) is 5.06. The molecule has 0 fully saturated rings. The predicted octanol–water partition coefficient (Wildman–Crippen LogP) is 6.62. The lowest BCUT2D eigenvalue weighted by molar-refractivity contribution is 0.628. The molecule has 0 spiro atoms. The second-order valence-corrected chi connectivity index (χ2v) is 7.10. The Morgan fingerprint density at radius 1 is 1.00 bits per heavy atom. The zero-order valence-electron chi connectivity index (χ0n) is 15.4. The van der Waals surface area contributed by atoms with Crippen LogP contribution < -0.4 is 0 Å². The summed E-state index contributed by atoms with van der Waals surface area (Å²) in [7, 11) is 0. The quantitative estimate of drug-likeness (QED) is 0.407. The van der Waals surface area contributed by atoms with Gasteiger partial charge in [0.25, 0.3) is 0 Å². The van der Waals surface area contributed by atoms with E-state index in [1.807, 2.05) is 19.1 Å². The summed E-state index contributed by atoms with van der Waals surface area (Å²) in [5, 5.41) is 0. The Kier molecular flexibility index (Phi) is 4.20. The van der Waals surface area contributed by atoms with E-state index in [0.29, 0.717) is 5.92 Å². The summed E-state index contributed by atoms with van der Waals surface area (Å²) in [6.45, 7) is 6.39. The summed E-state index contributed by atoms with van der Waals surface area (Å²) in [6.07, 6.45) is 5.06. The molecular weight excluding hydrogens is 321 g/mol. The lowest BCUT2D eigenvalue weighted by Crippen LogP contribution is -2.04. The van der Waals surface area contributed by atoms with Crippen molar-refractivity contribution in [3.63, 3.8) is 0 Å². The largest absolute Gasteiger partial charge is 0.256 e. The van der Waals surface area contributed by atoms with Crippen LogP contribution in [0.5, 0.6) is 0 Å². The van der Waals surface area contributed by atoms with Gasteiger partial charge in [-0.1, -0.05) is 62.4 Å². The maximum atomic E-state index is 13.5. The van der Waals surface area contributed by atoms with Crippen molar-refractivity contribution in [1.82, 2.24) is 4.98 Å². The highest BCUT2D eigenvalue weighted by atomic mass is 19.1. The SMILES string of the molecule is C/C=C/c1c(C(C)C)nc2c(c1-c1ccc(F)cc1)-c1ccccc1C2. The molecule has 3 aromatic rings. The summed E-state index contributed by atoms with van der Waals surface area (Å²) in [6, 6.07) is 15.3. The van der Waals surface area contributed by atoms with Gasteiger partial charge in [-0.2, -0.15) is 0 Å². The van der Waals surface area contributed by atoms with Crippen LogP contribution in [0, 0.1) is 5.82 Å². The minimum atomic E-state index is -0.212. The van der Waals surface area contributed by atoms with E-state index in [-0.39, 0.29) is 5.82 Å². The number of pyridine rings is 1. The molecule has 1 aromatic heterocycles. The van der Waals surface area contributed by atoms with E-state index >= 15 is 0 Å². The Morgan fingerprint density at radius 3 is 2.42 bits per heavy atom. The number of aromatic nitrogens is 1.